The second kappa shape index (κ2) is 3.23. The maximum atomic E-state index is 5.79. The molecule has 0 aliphatic heterocycles. The van der Waals surface area contributed by atoms with Crippen molar-refractivity contribution in [3.63, 3.8) is 0 Å². The number of nitrogens with zero attached hydrogens (tertiary/aromatic N) is 2. The summed E-state index contributed by atoms with van der Waals surface area (Å²) >= 11 is 0. The number of aromatic nitrogens is 2. The molecule has 1 heterocycles. The fraction of sp³-hybridized carbons (Fsp3) is 0.200. The highest BCUT2D eigenvalue weighted by atomic mass is 15.0. The average molecular weight is 188 g/mol. The van der Waals surface area contributed by atoms with Crippen LogP contribution in [0.5, 0.6) is 0 Å². The minimum atomic E-state index is -0.193. The van der Waals surface area contributed by atoms with Gasteiger partial charge in [-0.3, -0.25) is 0 Å². The molecule has 2 rings (SSSR count). The molecule has 1 aromatic carbocycles. The molecule has 14 heavy (non-hydrogen) atoms. The van der Waals surface area contributed by atoms with Crippen molar-refractivity contribution in [2.45, 2.75) is 13.0 Å². The number of fused-ring (bicyclic) bond motifs is 1. The summed E-state index contributed by atoms with van der Waals surface area (Å²) in [5.41, 5.74) is 12.3. The Kier molecular flexibility index (Phi) is 2.05. The molecular weight excluding hydrogens is 176 g/mol. The van der Waals surface area contributed by atoms with E-state index in [1.165, 1.54) is 0 Å². The summed E-state index contributed by atoms with van der Waals surface area (Å²) in [6, 6.07) is 7.43. The van der Waals surface area contributed by atoms with E-state index in [-0.39, 0.29) is 6.04 Å². The van der Waals surface area contributed by atoms with Gasteiger partial charge in [-0.2, -0.15) is 0 Å². The van der Waals surface area contributed by atoms with E-state index in [9.17, 15) is 0 Å². The zero-order chi connectivity index (χ0) is 10.1. The van der Waals surface area contributed by atoms with E-state index in [0.29, 0.717) is 11.6 Å². The van der Waals surface area contributed by atoms with Crippen molar-refractivity contribution in [2.75, 3.05) is 5.73 Å². The van der Waals surface area contributed by atoms with Crippen LogP contribution in [-0.4, -0.2) is 9.97 Å². The quantitative estimate of drug-likeness (QED) is 0.705. The smallest absolute Gasteiger partial charge is 0.147 e. The second-order valence-electron chi connectivity index (χ2n) is 3.27. The van der Waals surface area contributed by atoms with Crippen molar-refractivity contribution < 1.29 is 0 Å². The number of para-hydroxylation sites is 1. The van der Waals surface area contributed by atoms with Crippen molar-refractivity contribution in [1.82, 2.24) is 9.97 Å². The van der Waals surface area contributed by atoms with Crippen LogP contribution in [0, 0.1) is 0 Å². The number of hydrogen-bond acceptors (Lipinski definition) is 4. The molecule has 0 aliphatic carbocycles. The Morgan fingerprint density at radius 3 is 2.64 bits per heavy atom. The Balaban J connectivity index is 2.72. The van der Waals surface area contributed by atoms with Crippen LogP contribution >= 0.6 is 0 Å². The van der Waals surface area contributed by atoms with Gasteiger partial charge in [-0.15, -0.1) is 0 Å². The third-order valence-corrected chi connectivity index (χ3v) is 2.06. The minimum Gasteiger partial charge on any atom is -0.383 e. The van der Waals surface area contributed by atoms with Crippen LogP contribution in [-0.2, 0) is 0 Å². The fourth-order valence-corrected chi connectivity index (χ4v) is 1.32. The Morgan fingerprint density at radius 2 is 1.93 bits per heavy atom. The molecule has 0 bridgehead atoms. The molecule has 0 fully saturated rings. The molecule has 0 unspecified atom stereocenters. The van der Waals surface area contributed by atoms with Crippen molar-refractivity contribution >= 4 is 16.7 Å². The lowest BCUT2D eigenvalue weighted by molar-refractivity contribution is 0.748. The van der Waals surface area contributed by atoms with Crippen LogP contribution in [0.3, 0.4) is 0 Å². The van der Waals surface area contributed by atoms with Gasteiger partial charge in [0.15, 0.2) is 0 Å². The highest BCUT2D eigenvalue weighted by Gasteiger charge is 2.07. The molecule has 0 radical (unpaired) electrons. The first-order valence-corrected chi connectivity index (χ1v) is 4.46. The van der Waals surface area contributed by atoms with Gasteiger partial charge in [0.1, 0.15) is 11.6 Å². The van der Waals surface area contributed by atoms with E-state index < -0.39 is 0 Å². The van der Waals surface area contributed by atoms with Crippen molar-refractivity contribution in [2.24, 2.45) is 5.73 Å². The number of hydrogen-bond donors (Lipinski definition) is 2. The molecule has 4 heteroatoms. The highest BCUT2D eigenvalue weighted by Crippen LogP contribution is 2.18. The summed E-state index contributed by atoms with van der Waals surface area (Å²) in [6.45, 7) is 1.84. The van der Waals surface area contributed by atoms with E-state index in [2.05, 4.69) is 9.97 Å². The van der Waals surface area contributed by atoms with Crippen molar-refractivity contribution in [1.29, 1.82) is 0 Å². The van der Waals surface area contributed by atoms with Gasteiger partial charge in [0.05, 0.1) is 11.6 Å². The van der Waals surface area contributed by atoms with Gasteiger partial charge in [-0.1, -0.05) is 12.1 Å². The maximum absolute atomic E-state index is 5.79. The molecule has 0 aliphatic rings. The van der Waals surface area contributed by atoms with E-state index >= 15 is 0 Å². The lowest BCUT2D eigenvalue weighted by Crippen LogP contribution is -2.11. The van der Waals surface area contributed by atoms with E-state index in [0.717, 1.165) is 10.9 Å². The first kappa shape index (κ1) is 8.90. The van der Waals surface area contributed by atoms with Gasteiger partial charge < -0.3 is 11.5 Å². The van der Waals surface area contributed by atoms with E-state index in [1.54, 1.807) is 0 Å². The van der Waals surface area contributed by atoms with Crippen LogP contribution in [0.4, 0.5) is 5.82 Å². The third kappa shape index (κ3) is 1.40. The topological polar surface area (TPSA) is 77.8 Å². The number of nitrogen functional groups attached to an aromatic ring is 1. The van der Waals surface area contributed by atoms with Gasteiger partial charge in [0.25, 0.3) is 0 Å². The predicted molar refractivity (Wildman–Crippen MR) is 56.6 cm³/mol. The molecule has 0 spiro atoms. The van der Waals surface area contributed by atoms with Crippen LogP contribution in [0.1, 0.15) is 18.8 Å². The summed E-state index contributed by atoms with van der Waals surface area (Å²) in [5.74, 6) is 1.07. The molecule has 4 nitrogen and oxygen atoms in total. The summed E-state index contributed by atoms with van der Waals surface area (Å²) in [4.78, 5) is 8.46. The van der Waals surface area contributed by atoms with Gasteiger partial charge in [-0.25, -0.2) is 9.97 Å². The Bertz CT molecular complexity index is 465. The number of benzene rings is 1. The van der Waals surface area contributed by atoms with Crippen LogP contribution in [0.2, 0.25) is 0 Å². The standard InChI is InChI=1S/C10H12N4/c1-6(11)10-13-8-5-3-2-4-7(8)9(12)14-10/h2-6H,11H2,1H3,(H2,12,13,14)/t6-/m1/s1. The molecule has 4 N–H and O–H groups in total. The van der Waals surface area contributed by atoms with Crippen LogP contribution in [0.15, 0.2) is 24.3 Å². The molecule has 0 amide bonds. The second-order valence-corrected chi connectivity index (χ2v) is 3.27. The molecular formula is C10H12N4. The third-order valence-electron chi connectivity index (χ3n) is 2.06. The van der Waals surface area contributed by atoms with Gasteiger partial charge >= 0.3 is 0 Å². The van der Waals surface area contributed by atoms with Crippen molar-refractivity contribution in [3.8, 4) is 0 Å². The zero-order valence-corrected chi connectivity index (χ0v) is 7.94. The average Bonchev–Trinajstić information content (AvgIpc) is 2.17. The van der Waals surface area contributed by atoms with Crippen LogP contribution in [0.25, 0.3) is 10.9 Å². The molecule has 0 saturated carbocycles. The molecule has 2 aromatic rings. The molecule has 72 valence electrons. The summed E-state index contributed by atoms with van der Waals surface area (Å²) < 4.78 is 0. The number of rotatable bonds is 1. The predicted octanol–water partition coefficient (Wildman–Crippen LogP) is 1.23. The number of nitrogens with two attached hydrogens (primary N) is 2. The molecule has 1 aromatic heterocycles. The Hall–Kier alpha value is -1.68. The fourth-order valence-electron chi connectivity index (χ4n) is 1.32. The summed E-state index contributed by atoms with van der Waals surface area (Å²) in [5, 5.41) is 0.872. The van der Waals surface area contributed by atoms with Crippen LogP contribution < -0.4 is 11.5 Å². The normalized spacial score (nSPS) is 13.0. The molecule has 1 atom stereocenters. The summed E-state index contributed by atoms with van der Waals surface area (Å²) in [6.07, 6.45) is 0. The largest absolute Gasteiger partial charge is 0.383 e. The summed E-state index contributed by atoms with van der Waals surface area (Å²) in [7, 11) is 0. The maximum Gasteiger partial charge on any atom is 0.147 e. The number of anilines is 1. The first-order chi connectivity index (χ1) is 6.68. The van der Waals surface area contributed by atoms with Gasteiger partial charge in [0, 0.05) is 5.39 Å². The van der Waals surface area contributed by atoms with Crippen molar-refractivity contribution in [3.05, 3.63) is 30.1 Å². The van der Waals surface area contributed by atoms with E-state index in [4.69, 9.17) is 11.5 Å². The Morgan fingerprint density at radius 1 is 1.21 bits per heavy atom. The zero-order valence-electron chi connectivity index (χ0n) is 7.94. The lowest BCUT2D eigenvalue weighted by Gasteiger charge is -2.06. The van der Waals surface area contributed by atoms with E-state index in [1.807, 2.05) is 31.2 Å². The highest BCUT2D eigenvalue weighted by molar-refractivity contribution is 5.87. The minimum absolute atomic E-state index is 0.193. The molecule has 0 saturated heterocycles. The first-order valence-electron chi connectivity index (χ1n) is 4.46. The van der Waals surface area contributed by atoms with Gasteiger partial charge in [-0.05, 0) is 19.1 Å². The lowest BCUT2D eigenvalue weighted by atomic mass is 10.2. The van der Waals surface area contributed by atoms with Gasteiger partial charge in [0.2, 0.25) is 0 Å². The monoisotopic (exact) mass is 188 g/mol. The Labute approximate surface area is 82.0 Å². The SMILES string of the molecule is C[C@@H](N)c1nc(N)c2ccccc2n1.